The maximum atomic E-state index is 4.82. The second-order valence-corrected chi connectivity index (χ2v) is 7.60. The molecule has 118 valence electrons. The fourth-order valence-electron chi connectivity index (χ4n) is 2.72. The zero-order chi connectivity index (χ0) is 16.5. The number of benzene rings is 2. The van der Waals surface area contributed by atoms with Crippen LogP contribution in [0.15, 0.2) is 71.2 Å². The molecule has 0 saturated heterocycles. The molecular weight excluding hydrogens is 380 g/mol. The van der Waals surface area contributed by atoms with Crippen molar-refractivity contribution in [3.05, 3.63) is 76.9 Å². The van der Waals surface area contributed by atoms with Crippen LogP contribution in [0.1, 0.15) is 5.69 Å². The number of hydrogen-bond acceptors (Lipinski definition) is 2. The molecule has 0 spiro atoms. The Balaban J connectivity index is 1.71. The van der Waals surface area contributed by atoms with Crippen molar-refractivity contribution in [2.24, 2.45) is 0 Å². The Morgan fingerprint density at radius 3 is 2.42 bits per heavy atom. The van der Waals surface area contributed by atoms with Gasteiger partial charge in [0.2, 0.25) is 0 Å². The van der Waals surface area contributed by atoms with E-state index in [1.165, 1.54) is 10.4 Å². The predicted octanol–water partition coefficient (Wildman–Crippen LogP) is 6.54. The number of aromatic nitrogens is 2. The molecule has 0 amide bonds. The molecule has 0 fully saturated rings. The van der Waals surface area contributed by atoms with Crippen molar-refractivity contribution in [3.63, 3.8) is 0 Å². The highest BCUT2D eigenvalue weighted by Gasteiger charge is 2.12. The lowest BCUT2D eigenvalue weighted by Gasteiger charge is -1.97. The monoisotopic (exact) mass is 394 g/mol. The van der Waals surface area contributed by atoms with E-state index in [1.54, 1.807) is 11.3 Å². The second kappa shape index (κ2) is 6.38. The third-order valence-electron chi connectivity index (χ3n) is 3.88. The lowest BCUT2D eigenvalue weighted by atomic mass is 10.1. The molecule has 2 aromatic heterocycles. The quantitative estimate of drug-likeness (QED) is 0.419. The van der Waals surface area contributed by atoms with Gasteiger partial charge in [-0.2, -0.15) is 0 Å². The first-order chi connectivity index (χ1) is 11.7. The van der Waals surface area contributed by atoms with E-state index in [0.29, 0.717) is 0 Å². The van der Waals surface area contributed by atoms with Crippen molar-refractivity contribution in [2.75, 3.05) is 0 Å². The fourth-order valence-corrected chi connectivity index (χ4v) is 4.06. The van der Waals surface area contributed by atoms with Crippen molar-refractivity contribution in [1.29, 1.82) is 0 Å². The summed E-state index contributed by atoms with van der Waals surface area (Å²) >= 11 is 5.29. The summed E-state index contributed by atoms with van der Waals surface area (Å²) < 4.78 is 1.09. The van der Waals surface area contributed by atoms with Gasteiger partial charge in [0.15, 0.2) is 0 Å². The number of aromatic amines is 1. The molecule has 4 aromatic rings. The van der Waals surface area contributed by atoms with Crippen LogP contribution in [0.4, 0.5) is 0 Å². The molecule has 2 nitrogen and oxygen atoms in total. The largest absolute Gasteiger partial charge is 0.341 e. The molecule has 2 heterocycles. The van der Waals surface area contributed by atoms with Gasteiger partial charge in [-0.15, -0.1) is 11.3 Å². The van der Waals surface area contributed by atoms with E-state index in [0.717, 1.165) is 32.1 Å². The Labute approximate surface area is 153 Å². The highest BCUT2D eigenvalue weighted by Crippen LogP contribution is 2.35. The van der Waals surface area contributed by atoms with E-state index in [1.807, 2.05) is 24.3 Å². The summed E-state index contributed by atoms with van der Waals surface area (Å²) in [7, 11) is 0. The molecule has 4 heteroatoms. The number of thiophene rings is 1. The lowest BCUT2D eigenvalue weighted by molar-refractivity contribution is 1.26. The van der Waals surface area contributed by atoms with E-state index < -0.39 is 0 Å². The highest BCUT2D eigenvalue weighted by atomic mass is 79.9. The topological polar surface area (TPSA) is 28.7 Å². The summed E-state index contributed by atoms with van der Waals surface area (Å²) in [6.07, 6.45) is 0. The number of nitrogens with one attached hydrogen (secondary N) is 1. The molecule has 0 aliphatic rings. The van der Waals surface area contributed by atoms with Gasteiger partial charge in [0.25, 0.3) is 0 Å². The molecule has 0 radical (unpaired) electrons. The molecule has 0 saturated carbocycles. The summed E-state index contributed by atoms with van der Waals surface area (Å²) in [5.41, 5.74) is 4.46. The minimum absolute atomic E-state index is 0.928. The number of halogens is 1. The van der Waals surface area contributed by atoms with E-state index in [9.17, 15) is 0 Å². The first kappa shape index (κ1) is 15.4. The second-order valence-electron chi connectivity index (χ2n) is 5.60. The van der Waals surface area contributed by atoms with Gasteiger partial charge < -0.3 is 4.98 Å². The van der Waals surface area contributed by atoms with Crippen LogP contribution in [-0.2, 0) is 0 Å². The van der Waals surface area contributed by atoms with E-state index in [2.05, 4.69) is 70.3 Å². The van der Waals surface area contributed by atoms with Gasteiger partial charge in [-0.3, -0.25) is 0 Å². The van der Waals surface area contributed by atoms with Crippen LogP contribution < -0.4 is 0 Å². The van der Waals surface area contributed by atoms with Crippen molar-refractivity contribution in [2.45, 2.75) is 6.92 Å². The minimum atomic E-state index is 0.928. The van der Waals surface area contributed by atoms with Crippen LogP contribution in [0.3, 0.4) is 0 Å². The van der Waals surface area contributed by atoms with Crippen molar-refractivity contribution in [3.8, 4) is 32.4 Å². The molecule has 2 aromatic carbocycles. The van der Waals surface area contributed by atoms with Gasteiger partial charge in [-0.25, -0.2) is 4.98 Å². The van der Waals surface area contributed by atoms with Gasteiger partial charge >= 0.3 is 0 Å². The zero-order valence-electron chi connectivity index (χ0n) is 13.1. The van der Waals surface area contributed by atoms with Crippen molar-refractivity contribution in [1.82, 2.24) is 9.97 Å². The van der Waals surface area contributed by atoms with E-state index in [-0.39, 0.29) is 0 Å². The number of H-pyrrole nitrogens is 1. The van der Waals surface area contributed by atoms with Crippen LogP contribution >= 0.6 is 27.3 Å². The van der Waals surface area contributed by atoms with E-state index in [4.69, 9.17) is 4.98 Å². The zero-order valence-corrected chi connectivity index (χ0v) is 15.5. The number of rotatable bonds is 3. The Kier molecular flexibility index (Phi) is 4.08. The Hall–Kier alpha value is -2.17. The van der Waals surface area contributed by atoms with Crippen LogP contribution in [0.2, 0.25) is 0 Å². The molecule has 0 aliphatic heterocycles. The Morgan fingerprint density at radius 2 is 1.62 bits per heavy atom. The summed E-state index contributed by atoms with van der Waals surface area (Å²) in [5.74, 6) is 0.928. The number of nitrogens with zero attached hydrogens (tertiary/aromatic N) is 1. The molecule has 1 N–H and O–H groups in total. The van der Waals surface area contributed by atoms with Gasteiger partial charge in [0.05, 0.1) is 10.6 Å². The summed E-state index contributed by atoms with van der Waals surface area (Å²) in [6.45, 7) is 2.07. The molecule has 4 rings (SSSR count). The van der Waals surface area contributed by atoms with Crippen LogP contribution in [-0.4, -0.2) is 9.97 Å². The minimum Gasteiger partial charge on any atom is -0.341 e. The van der Waals surface area contributed by atoms with Crippen LogP contribution in [0.25, 0.3) is 32.4 Å². The molecule has 0 atom stereocenters. The first-order valence-electron chi connectivity index (χ1n) is 7.69. The smallest absolute Gasteiger partial charge is 0.148 e. The summed E-state index contributed by atoms with van der Waals surface area (Å²) in [5, 5.41) is 0. The molecular formula is C20H15BrN2S. The Morgan fingerprint density at radius 1 is 0.875 bits per heavy atom. The predicted molar refractivity (Wildman–Crippen MR) is 105 cm³/mol. The number of imidazole rings is 1. The van der Waals surface area contributed by atoms with Crippen LogP contribution in [0.5, 0.6) is 0 Å². The number of aryl methyl sites for hydroxylation is 1. The summed E-state index contributed by atoms with van der Waals surface area (Å²) in [4.78, 5) is 10.6. The maximum absolute atomic E-state index is 4.82. The summed E-state index contributed by atoms with van der Waals surface area (Å²) in [6, 6.07) is 22.9. The average molecular weight is 395 g/mol. The van der Waals surface area contributed by atoms with Gasteiger partial charge in [-0.05, 0) is 36.8 Å². The molecule has 0 aliphatic carbocycles. The third-order valence-corrected chi connectivity index (χ3v) is 5.51. The molecule has 0 bridgehead atoms. The SMILES string of the molecule is Cc1[nH]c(-c2ccc(-c3cccc(Br)c3)s2)nc1-c1ccccc1. The van der Waals surface area contributed by atoms with Gasteiger partial charge in [0, 0.05) is 20.6 Å². The van der Waals surface area contributed by atoms with Crippen molar-refractivity contribution >= 4 is 27.3 Å². The third kappa shape index (κ3) is 2.95. The molecule has 24 heavy (non-hydrogen) atoms. The van der Waals surface area contributed by atoms with Crippen LogP contribution in [0, 0.1) is 6.92 Å². The number of hydrogen-bond donors (Lipinski definition) is 1. The standard InChI is InChI=1S/C20H15BrN2S/c1-13-19(14-6-3-2-4-7-14)23-20(22-13)18-11-10-17(24-18)15-8-5-9-16(21)12-15/h2-12H,1H3,(H,22,23). The van der Waals surface area contributed by atoms with Gasteiger partial charge in [-0.1, -0.05) is 58.4 Å². The average Bonchev–Trinajstić information content (AvgIpc) is 3.22. The normalized spacial score (nSPS) is 10.9. The fraction of sp³-hybridized carbons (Fsp3) is 0.0500. The highest BCUT2D eigenvalue weighted by molar-refractivity contribution is 9.10. The maximum Gasteiger partial charge on any atom is 0.148 e. The lowest BCUT2D eigenvalue weighted by Crippen LogP contribution is -1.79. The first-order valence-corrected chi connectivity index (χ1v) is 9.30. The Bertz CT molecular complexity index is 986. The van der Waals surface area contributed by atoms with Crippen molar-refractivity contribution < 1.29 is 0 Å². The molecule has 0 unspecified atom stereocenters. The van der Waals surface area contributed by atoms with Gasteiger partial charge in [0.1, 0.15) is 5.82 Å². The van der Waals surface area contributed by atoms with E-state index >= 15 is 0 Å².